The molecule has 1 saturated heterocycles. The van der Waals surface area contributed by atoms with Gasteiger partial charge in [-0.1, -0.05) is 18.2 Å². The minimum Gasteiger partial charge on any atom is -0.464 e. The number of furan rings is 1. The fraction of sp³-hybridized carbons (Fsp3) is 0.400. The number of rotatable bonds is 2. The van der Waals surface area contributed by atoms with Crippen molar-refractivity contribution >= 4 is 29.3 Å². The van der Waals surface area contributed by atoms with Crippen LogP contribution in [0.4, 0.5) is 0 Å². The van der Waals surface area contributed by atoms with E-state index < -0.39 is 0 Å². The van der Waals surface area contributed by atoms with Crippen molar-refractivity contribution in [3.63, 3.8) is 0 Å². The van der Waals surface area contributed by atoms with E-state index in [9.17, 15) is 4.79 Å². The van der Waals surface area contributed by atoms with E-state index in [-0.39, 0.29) is 18.3 Å². The Morgan fingerprint density at radius 1 is 1.20 bits per heavy atom. The highest BCUT2D eigenvalue weighted by molar-refractivity contribution is 5.87. The van der Waals surface area contributed by atoms with E-state index in [4.69, 9.17) is 4.42 Å². The second-order valence-corrected chi connectivity index (χ2v) is 5.12. The summed E-state index contributed by atoms with van der Waals surface area (Å²) in [5.74, 6) is 0.194. The topological polar surface area (TPSA) is 36.7 Å². The van der Waals surface area contributed by atoms with Gasteiger partial charge < -0.3 is 14.2 Å². The van der Waals surface area contributed by atoms with Crippen molar-refractivity contribution in [2.24, 2.45) is 0 Å². The van der Waals surface area contributed by atoms with Gasteiger partial charge in [0.2, 0.25) is 5.91 Å². The van der Waals surface area contributed by atoms with E-state index in [1.54, 1.807) is 6.26 Å². The predicted octanol–water partition coefficient (Wildman–Crippen LogP) is 2.17. The number of fused-ring (bicyclic) bond motifs is 1. The van der Waals surface area contributed by atoms with Gasteiger partial charge in [-0.2, -0.15) is 0 Å². The van der Waals surface area contributed by atoms with Gasteiger partial charge in [0.25, 0.3) is 0 Å². The zero-order valence-electron chi connectivity index (χ0n) is 11.5. The zero-order chi connectivity index (χ0) is 13.2. The lowest BCUT2D eigenvalue weighted by Gasteiger charge is -2.32. The largest absolute Gasteiger partial charge is 0.464 e. The third kappa shape index (κ3) is 2.97. The van der Waals surface area contributed by atoms with Crippen LogP contribution in [0, 0.1) is 0 Å². The van der Waals surface area contributed by atoms with E-state index in [2.05, 4.69) is 11.9 Å². The molecule has 20 heavy (non-hydrogen) atoms. The Hall–Kier alpha value is -1.52. The van der Waals surface area contributed by atoms with Crippen LogP contribution < -0.4 is 0 Å². The molecule has 1 amide bonds. The number of likely N-dealkylation sites (N-methyl/N-ethyl adjacent to an activating group) is 1. The maximum absolute atomic E-state index is 12.3. The molecule has 5 heteroatoms. The molecule has 108 valence electrons. The normalized spacial score (nSPS) is 16.1. The first-order valence-electron chi connectivity index (χ1n) is 6.65. The van der Waals surface area contributed by atoms with Gasteiger partial charge in [0.05, 0.1) is 12.7 Å². The first-order valence-corrected chi connectivity index (χ1v) is 6.65. The van der Waals surface area contributed by atoms with Crippen molar-refractivity contribution in [1.82, 2.24) is 9.80 Å². The van der Waals surface area contributed by atoms with E-state index >= 15 is 0 Å². The van der Waals surface area contributed by atoms with Gasteiger partial charge in [0.15, 0.2) is 0 Å². The molecule has 0 bridgehead atoms. The molecular formula is C15H19ClN2O2. The quantitative estimate of drug-likeness (QED) is 0.852. The van der Waals surface area contributed by atoms with E-state index in [0.29, 0.717) is 6.42 Å². The molecule has 0 N–H and O–H groups in total. The Balaban J connectivity index is 0.00000147. The Bertz CT molecular complexity index is 588. The number of carbonyl (C=O) groups is 1. The molecule has 4 nitrogen and oxygen atoms in total. The molecule has 2 aromatic rings. The summed E-state index contributed by atoms with van der Waals surface area (Å²) in [7, 11) is 2.09. The fourth-order valence-electron chi connectivity index (χ4n) is 2.50. The third-order valence-corrected chi connectivity index (χ3v) is 3.76. The molecule has 0 radical (unpaired) electrons. The Kier molecular flexibility index (Phi) is 4.68. The fourth-order valence-corrected chi connectivity index (χ4v) is 2.50. The van der Waals surface area contributed by atoms with Gasteiger partial charge in [0, 0.05) is 37.1 Å². The van der Waals surface area contributed by atoms with E-state index in [1.165, 1.54) is 0 Å². The van der Waals surface area contributed by atoms with Gasteiger partial charge in [-0.15, -0.1) is 12.4 Å². The molecular weight excluding hydrogens is 276 g/mol. The van der Waals surface area contributed by atoms with Crippen LogP contribution in [0.1, 0.15) is 5.56 Å². The zero-order valence-corrected chi connectivity index (χ0v) is 12.4. The lowest BCUT2D eigenvalue weighted by molar-refractivity contribution is -0.132. The summed E-state index contributed by atoms with van der Waals surface area (Å²) in [4.78, 5) is 16.5. The summed E-state index contributed by atoms with van der Waals surface area (Å²) in [6, 6.07) is 7.85. The highest BCUT2D eigenvalue weighted by Gasteiger charge is 2.20. The predicted molar refractivity (Wildman–Crippen MR) is 81.2 cm³/mol. The molecule has 1 fully saturated rings. The standard InChI is InChI=1S/C15H18N2O2.ClH/c1-16-6-8-17(9-7-16)15(18)10-12-11-19-14-5-3-2-4-13(12)14;/h2-5,11H,6-10H2,1H3;1H. The summed E-state index contributed by atoms with van der Waals surface area (Å²) in [6.07, 6.45) is 2.14. The molecule has 0 aliphatic carbocycles. The number of nitrogens with zero attached hydrogens (tertiary/aromatic N) is 2. The Labute approximate surface area is 124 Å². The lowest BCUT2D eigenvalue weighted by atomic mass is 10.1. The number of piperazine rings is 1. The first-order chi connectivity index (χ1) is 9.24. The number of hydrogen-bond acceptors (Lipinski definition) is 3. The van der Waals surface area contributed by atoms with Crippen molar-refractivity contribution in [3.05, 3.63) is 36.1 Å². The summed E-state index contributed by atoms with van der Waals surface area (Å²) in [5, 5.41) is 1.05. The second-order valence-electron chi connectivity index (χ2n) is 5.12. The summed E-state index contributed by atoms with van der Waals surface area (Å²) < 4.78 is 5.48. The lowest BCUT2D eigenvalue weighted by Crippen LogP contribution is -2.47. The first kappa shape index (κ1) is 14.9. The number of para-hydroxylation sites is 1. The van der Waals surface area contributed by atoms with Crippen molar-refractivity contribution in [2.75, 3.05) is 33.2 Å². The monoisotopic (exact) mass is 294 g/mol. The Morgan fingerprint density at radius 3 is 2.65 bits per heavy atom. The molecule has 1 aliphatic heterocycles. The summed E-state index contributed by atoms with van der Waals surface area (Å²) >= 11 is 0. The van der Waals surface area contributed by atoms with Gasteiger partial charge in [0.1, 0.15) is 5.58 Å². The van der Waals surface area contributed by atoms with Gasteiger partial charge >= 0.3 is 0 Å². The van der Waals surface area contributed by atoms with Crippen molar-refractivity contribution in [1.29, 1.82) is 0 Å². The van der Waals surface area contributed by atoms with Crippen LogP contribution in [0.25, 0.3) is 11.0 Å². The molecule has 2 heterocycles. The van der Waals surface area contributed by atoms with Gasteiger partial charge in [-0.3, -0.25) is 4.79 Å². The van der Waals surface area contributed by atoms with Crippen LogP contribution in [0.3, 0.4) is 0 Å². The number of carbonyl (C=O) groups excluding carboxylic acids is 1. The molecule has 1 aliphatic rings. The molecule has 1 aromatic heterocycles. The third-order valence-electron chi connectivity index (χ3n) is 3.76. The van der Waals surface area contributed by atoms with Gasteiger partial charge in [-0.25, -0.2) is 0 Å². The summed E-state index contributed by atoms with van der Waals surface area (Å²) in [6.45, 7) is 3.56. The van der Waals surface area contributed by atoms with Crippen molar-refractivity contribution in [3.8, 4) is 0 Å². The van der Waals surface area contributed by atoms with Crippen molar-refractivity contribution < 1.29 is 9.21 Å². The molecule has 0 unspecified atom stereocenters. The molecule has 0 saturated carbocycles. The van der Waals surface area contributed by atoms with Crippen LogP contribution in [0.15, 0.2) is 34.9 Å². The minimum atomic E-state index is 0. The average molecular weight is 295 g/mol. The summed E-state index contributed by atoms with van der Waals surface area (Å²) in [5.41, 5.74) is 1.84. The SMILES string of the molecule is CN1CCN(C(=O)Cc2coc3ccccc23)CC1.Cl. The van der Waals surface area contributed by atoms with E-state index in [0.717, 1.165) is 42.7 Å². The number of hydrogen-bond donors (Lipinski definition) is 0. The van der Waals surface area contributed by atoms with E-state index in [1.807, 2.05) is 29.2 Å². The van der Waals surface area contributed by atoms with Crippen molar-refractivity contribution in [2.45, 2.75) is 6.42 Å². The number of amides is 1. The average Bonchev–Trinajstić information content (AvgIpc) is 2.83. The van der Waals surface area contributed by atoms with Crippen LogP contribution in [-0.4, -0.2) is 48.9 Å². The molecule has 1 aromatic carbocycles. The van der Waals surface area contributed by atoms with Crippen LogP contribution >= 0.6 is 12.4 Å². The highest BCUT2D eigenvalue weighted by Crippen LogP contribution is 2.21. The van der Waals surface area contributed by atoms with Gasteiger partial charge in [-0.05, 0) is 13.1 Å². The second kappa shape index (κ2) is 6.29. The number of halogens is 1. The maximum atomic E-state index is 12.3. The van der Waals surface area contributed by atoms with Crippen LogP contribution in [0.5, 0.6) is 0 Å². The number of benzene rings is 1. The molecule has 3 rings (SSSR count). The maximum Gasteiger partial charge on any atom is 0.227 e. The van der Waals surface area contributed by atoms with Crippen LogP contribution in [0.2, 0.25) is 0 Å². The smallest absolute Gasteiger partial charge is 0.227 e. The molecule has 0 atom stereocenters. The Morgan fingerprint density at radius 2 is 1.90 bits per heavy atom. The molecule has 0 spiro atoms. The minimum absolute atomic E-state index is 0. The van der Waals surface area contributed by atoms with Crippen LogP contribution in [-0.2, 0) is 11.2 Å². The highest BCUT2D eigenvalue weighted by atomic mass is 35.5.